The van der Waals surface area contributed by atoms with E-state index in [1.165, 1.54) is 0 Å². The fourth-order valence-electron chi connectivity index (χ4n) is 5.57. The van der Waals surface area contributed by atoms with E-state index in [0.717, 1.165) is 49.0 Å². The van der Waals surface area contributed by atoms with Crippen molar-refractivity contribution in [3.8, 4) is 0 Å². The van der Waals surface area contributed by atoms with Gasteiger partial charge in [-0.1, -0.05) is 19.1 Å². The van der Waals surface area contributed by atoms with Gasteiger partial charge in [0.15, 0.2) is 0 Å². The molecule has 182 valence electrons. The van der Waals surface area contributed by atoms with Crippen LogP contribution in [0.5, 0.6) is 0 Å². The number of fused-ring (bicyclic) bond motifs is 1. The number of amides is 2. The van der Waals surface area contributed by atoms with Gasteiger partial charge in [0, 0.05) is 36.8 Å². The summed E-state index contributed by atoms with van der Waals surface area (Å²) in [5, 5.41) is 18.2. The van der Waals surface area contributed by atoms with E-state index in [-0.39, 0.29) is 30.4 Å². The van der Waals surface area contributed by atoms with E-state index in [4.69, 9.17) is 9.84 Å². The monoisotopic (exact) mass is 466 g/mol. The number of hydrogen-bond donors (Lipinski definition) is 2. The molecule has 5 rings (SSSR count). The molecule has 1 saturated heterocycles. The summed E-state index contributed by atoms with van der Waals surface area (Å²) in [4.78, 5) is 28.9. The highest BCUT2D eigenvalue weighted by molar-refractivity contribution is 6.05. The van der Waals surface area contributed by atoms with Gasteiger partial charge in [-0.15, -0.1) is 0 Å². The van der Waals surface area contributed by atoms with Crippen LogP contribution in [0.25, 0.3) is 0 Å². The zero-order valence-corrected chi connectivity index (χ0v) is 20.0. The highest BCUT2D eigenvalue weighted by atomic mass is 16.5. The molecule has 8 nitrogen and oxygen atoms in total. The molecule has 8 heteroatoms. The van der Waals surface area contributed by atoms with Gasteiger partial charge >= 0.3 is 0 Å². The van der Waals surface area contributed by atoms with Crippen molar-refractivity contribution in [2.75, 3.05) is 24.7 Å². The van der Waals surface area contributed by atoms with Gasteiger partial charge in [-0.3, -0.25) is 14.5 Å². The van der Waals surface area contributed by atoms with Crippen molar-refractivity contribution < 1.29 is 19.4 Å². The average molecular weight is 467 g/mol. The number of likely N-dealkylation sites (N-methyl/N-ethyl adjacent to an activating group) is 1. The van der Waals surface area contributed by atoms with Crippen LogP contribution in [-0.2, 0) is 22.6 Å². The summed E-state index contributed by atoms with van der Waals surface area (Å²) >= 11 is 0. The maximum atomic E-state index is 13.9. The number of hydrogen-bond acceptors (Lipinski definition) is 5. The van der Waals surface area contributed by atoms with E-state index in [2.05, 4.69) is 12.2 Å². The van der Waals surface area contributed by atoms with Crippen LogP contribution in [0.2, 0.25) is 0 Å². The van der Waals surface area contributed by atoms with Crippen molar-refractivity contribution in [3.63, 3.8) is 0 Å². The third kappa shape index (κ3) is 4.03. The number of rotatable bonds is 7. The summed E-state index contributed by atoms with van der Waals surface area (Å²) in [5.74, 6) is 0.593. The number of aromatic nitrogens is 2. The van der Waals surface area contributed by atoms with E-state index in [1.54, 1.807) is 11.0 Å². The second-order valence-electron chi connectivity index (χ2n) is 9.58. The molecule has 2 fully saturated rings. The molecular formula is C26H34N4O4. The molecule has 34 heavy (non-hydrogen) atoms. The van der Waals surface area contributed by atoms with Crippen LogP contribution >= 0.6 is 0 Å². The Morgan fingerprint density at radius 3 is 2.62 bits per heavy atom. The Labute approximate surface area is 200 Å². The summed E-state index contributed by atoms with van der Waals surface area (Å²) in [6, 6.07) is 7.02. The molecule has 2 atom stereocenters. The molecule has 0 unspecified atom stereocenters. The van der Waals surface area contributed by atoms with Crippen molar-refractivity contribution in [2.24, 2.45) is 5.92 Å². The van der Waals surface area contributed by atoms with Crippen LogP contribution in [0, 0.1) is 5.92 Å². The predicted octanol–water partition coefficient (Wildman–Crippen LogP) is 2.95. The van der Waals surface area contributed by atoms with Gasteiger partial charge in [0.25, 0.3) is 11.8 Å². The van der Waals surface area contributed by atoms with Crippen molar-refractivity contribution in [3.05, 3.63) is 46.6 Å². The normalized spacial score (nSPS) is 23.1. The minimum absolute atomic E-state index is 0.0930. The van der Waals surface area contributed by atoms with Crippen molar-refractivity contribution in [1.82, 2.24) is 15.1 Å². The highest BCUT2D eigenvalue weighted by Crippen LogP contribution is 2.51. The molecule has 1 aliphatic carbocycles. The Kier molecular flexibility index (Phi) is 6.44. The first-order valence-electron chi connectivity index (χ1n) is 12.6. The lowest BCUT2D eigenvalue weighted by atomic mass is 9.82. The lowest BCUT2D eigenvalue weighted by Gasteiger charge is -2.39. The lowest BCUT2D eigenvalue weighted by molar-refractivity contribution is -0.121. The van der Waals surface area contributed by atoms with E-state index < -0.39 is 6.04 Å². The molecule has 2 N–H and O–H groups in total. The lowest BCUT2D eigenvalue weighted by Crippen LogP contribution is -2.56. The summed E-state index contributed by atoms with van der Waals surface area (Å²) in [6.45, 7) is 5.61. The predicted molar refractivity (Wildman–Crippen MR) is 128 cm³/mol. The Morgan fingerprint density at radius 2 is 1.97 bits per heavy atom. The topological polar surface area (TPSA) is 96.7 Å². The van der Waals surface area contributed by atoms with Gasteiger partial charge in [-0.25, -0.2) is 4.68 Å². The molecule has 1 aromatic heterocycles. The van der Waals surface area contributed by atoms with Gasteiger partial charge in [0.05, 0.1) is 18.3 Å². The van der Waals surface area contributed by atoms with Crippen LogP contribution in [-0.4, -0.2) is 52.5 Å². The quantitative estimate of drug-likeness (QED) is 0.654. The Hall–Kier alpha value is -2.71. The molecule has 2 amide bonds. The van der Waals surface area contributed by atoms with Crippen molar-refractivity contribution >= 4 is 17.6 Å². The standard InChI is InChI=1S/C26H34N4O4/c1-3-16-6-5-7-18(14-16)24(32)27-23-21(17-8-9-17)22-20(15-31)28-30(19-10-12-34-13-11-19)25(22)29(4-2)26(23)33/h5-7,14,17,19,21,23,31H,3-4,8-13,15H2,1-2H3,(H,27,32)/t21-,23-/m1/s1. The largest absolute Gasteiger partial charge is 0.390 e. The summed E-state index contributed by atoms with van der Waals surface area (Å²) < 4.78 is 7.50. The van der Waals surface area contributed by atoms with Crippen LogP contribution in [0.15, 0.2) is 24.3 Å². The maximum Gasteiger partial charge on any atom is 0.251 e. The fraction of sp³-hybridized carbons (Fsp3) is 0.577. The number of aryl methyl sites for hydroxylation is 1. The molecule has 0 spiro atoms. The molecule has 2 aromatic rings. The summed E-state index contributed by atoms with van der Waals surface area (Å²) in [5.41, 5.74) is 3.21. The minimum atomic E-state index is -0.671. The van der Waals surface area contributed by atoms with Crippen molar-refractivity contribution in [2.45, 2.75) is 70.6 Å². The van der Waals surface area contributed by atoms with Crippen LogP contribution < -0.4 is 10.2 Å². The van der Waals surface area contributed by atoms with Gasteiger partial charge in [0.2, 0.25) is 0 Å². The number of nitrogens with zero attached hydrogens (tertiary/aromatic N) is 3. The smallest absolute Gasteiger partial charge is 0.251 e. The average Bonchev–Trinajstić information content (AvgIpc) is 3.65. The van der Waals surface area contributed by atoms with E-state index in [0.29, 0.717) is 36.9 Å². The van der Waals surface area contributed by atoms with Crippen molar-refractivity contribution in [1.29, 1.82) is 0 Å². The molecule has 3 aliphatic rings. The van der Waals surface area contributed by atoms with Gasteiger partial charge < -0.3 is 15.2 Å². The van der Waals surface area contributed by atoms with Gasteiger partial charge in [-0.05, 0) is 62.6 Å². The first-order chi connectivity index (χ1) is 16.6. The van der Waals surface area contributed by atoms with E-state index >= 15 is 0 Å². The molecule has 0 radical (unpaired) electrons. The molecule has 3 heterocycles. The number of aliphatic hydroxyl groups excluding tert-OH is 1. The summed E-state index contributed by atoms with van der Waals surface area (Å²) in [6.07, 6.45) is 4.51. The molecular weight excluding hydrogens is 432 g/mol. The maximum absolute atomic E-state index is 13.9. The third-order valence-corrected chi connectivity index (χ3v) is 7.49. The Balaban J connectivity index is 1.55. The third-order valence-electron chi connectivity index (χ3n) is 7.49. The zero-order valence-electron chi connectivity index (χ0n) is 20.0. The summed E-state index contributed by atoms with van der Waals surface area (Å²) in [7, 11) is 0. The minimum Gasteiger partial charge on any atom is -0.390 e. The van der Waals surface area contributed by atoms with Gasteiger partial charge in [-0.2, -0.15) is 5.10 Å². The number of nitrogens with one attached hydrogen (secondary N) is 1. The van der Waals surface area contributed by atoms with Crippen LogP contribution in [0.3, 0.4) is 0 Å². The Bertz CT molecular complexity index is 1070. The van der Waals surface area contributed by atoms with Crippen LogP contribution in [0.1, 0.15) is 78.7 Å². The molecule has 1 aromatic carbocycles. The Morgan fingerprint density at radius 1 is 1.21 bits per heavy atom. The number of aliphatic hydroxyl groups is 1. The van der Waals surface area contributed by atoms with Gasteiger partial charge in [0.1, 0.15) is 11.9 Å². The number of anilines is 1. The highest BCUT2D eigenvalue weighted by Gasteiger charge is 2.51. The molecule has 2 aliphatic heterocycles. The number of ether oxygens (including phenoxy) is 1. The number of carbonyl (C=O) groups is 2. The zero-order chi connectivity index (χ0) is 23.8. The molecule has 0 bridgehead atoms. The first kappa shape index (κ1) is 23.1. The first-order valence-corrected chi connectivity index (χ1v) is 12.6. The van der Waals surface area contributed by atoms with Crippen LogP contribution in [0.4, 0.5) is 5.82 Å². The second kappa shape index (κ2) is 9.50. The van der Waals surface area contributed by atoms with E-state index in [9.17, 15) is 14.7 Å². The SMILES string of the molecule is CCc1cccc(C(=O)N[C@H]2C(=O)N(CC)c3c(c(CO)nn3C3CCOCC3)[C@H]2C2CC2)c1. The second-order valence-corrected chi connectivity index (χ2v) is 9.58. The number of benzene rings is 1. The molecule has 1 saturated carbocycles. The van der Waals surface area contributed by atoms with E-state index in [1.807, 2.05) is 29.8 Å². The fourth-order valence-corrected chi connectivity index (χ4v) is 5.57. The number of carbonyl (C=O) groups excluding carboxylic acids is 2.